The second-order valence-corrected chi connectivity index (χ2v) is 37.4. The third-order valence-corrected chi connectivity index (χ3v) is 25.6. The number of alkyl halides is 4. The van der Waals surface area contributed by atoms with Crippen LogP contribution in [0.1, 0.15) is 118 Å². The molecule has 0 unspecified atom stereocenters. The van der Waals surface area contributed by atoms with Crippen molar-refractivity contribution in [2.24, 2.45) is 5.73 Å². The van der Waals surface area contributed by atoms with E-state index in [9.17, 15) is 75.9 Å². The van der Waals surface area contributed by atoms with Crippen LogP contribution in [-0.4, -0.2) is 223 Å². The van der Waals surface area contributed by atoms with E-state index in [4.69, 9.17) is 88.4 Å². The Morgan fingerprint density at radius 1 is 0.563 bits per heavy atom. The lowest BCUT2D eigenvalue weighted by atomic mass is 10.1. The number of alkyl carbamates (subject to hydrolysis) is 1. The number of hydrogen-bond donors (Lipinski definition) is 18. The van der Waals surface area contributed by atoms with Crippen molar-refractivity contribution in [2.75, 3.05) is 120 Å². The van der Waals surface area contributed by atoms with E-state index in [-0.39, 0.29) is 104 Å². The highest BCUT2D eigenvalue weighted by atomic mass is 35.5. The lowest BCUT2D eigenvalue weighted by Crippen LogP contribution is -2.52. The average Bonchev–Trinajstić information content (AvgIpc) is 1.26. The van der Waals surface area contributed by atoms with E-state index in [1.807, 2.05) is 72.8 Å². The van der Waals surface area contributed by atoms with Gasteiger partial charge in [0.1, 0.15) is 18.7 Å². The molecule has 0 saturated carbocycles. The van der Waals surface area contributed by atoms with Gasteiger partial charge in [0.25, 0.3) is 17.7 Å². The zero-order chi connectivity index (χ0) is 104. The Balaban J connectivity index is 0.000000283. The lowest BCUT2D eigenvalue weighted by molar-refractivity contribution is -0.142. The lowest BCUT2D eigenvalue weighted by Gasteiger charge is -2.37. The Morgan fingerprint density at radius 3 is 1.64 bits per heavy atom. The first-order chi connectivity index (χ1) is 68.2. The Hall–Kier alpha value is -13.2. The van der Waals surface area contributed by atoms with E-state index in [0.717, 1.165) is 78.7 Å². The Kier molecular flexibility index (Phi) is 53.8. The number of nitrogens with two attached hydrogens (primary N) is 3. The van der Waals surface area contributed by atoms with Gasteiger partial charge in [-0.15, -0.1) is 46.4 Å². The summed E-state index contributed by atoms with van der Waals surface area (Å²) in [5.74, 6) is -8.02. The first kappa shape index (κ1) is 117. The van der Waals surface area contributed by atoms with E-state index in [1.54, 1.807) is 139 Å². The van der Waals surface area contributed by atoms with Gasteiger partial charge in [0, 0.05) is 166 Å². The number of nitrogen functional groups attached to an aromatic ring is 2. The van der Waals surface area contributed by atoms with Crippen LogP contribution in [0.15, 0.2) is 243 Å². The molecule has 0 spiro atoms. The standard InChI is InChI=1S/C26H40Cl4N5O10PS.C22H25N3O3.C21H20N4O3.C15H15N3O2.C14H20N2O3/c27-8-12-34(13-9-28)46(42,35(14-10-29)15-11-30)45-16-17-47(43,44)18-21(32-22(36)7-6-20(31)25(38)39)24(37)33-23(26(40)41)19-4-2-1-3-5-19;26-14-13-25(12-11-19-15-23-21-4-2-1-3-20(19)21)16-18-7-5-17(6-8-18)9-10-22(27)24-28;22-18-5-1-2-6-19(18)25-20(26)17-9-7-15(8-10-17)13-24-21(27)28-14-16-4-3-11-23-12-16;1-10(19)17-12-8-6-11(7-9-12)15(20)18-14-5-3-2-4-13(14)16;17-13(15-12-8-4-3-5-9-12)10-6-1-2-7-11-14(18)16-19/h1-5,20-21,23H,6-18,31H2,(H,32,36)(H,33,37)(H,38,39)(H,40,41);1-10,15,23,26,28H,11-14,16H2,(H,24,27);1-12H,13-14,22H2,(H,24,27)(H,25,26);2-9H,16H2,1H3,(H,17,19)(H,18,20);3-5,8-9,19H,1-2,6-7,10-11H2,(H,15,17)(H,16,18)/b;10-9+;;;/t20-,21-,23+;;;;/m0..../s1. The van der Waals surface area contributed by atoms with Crippen LogP contribution < -0.4 is 65.4 Å². The number of para-hydroxylation sites is 6. The fourth-order valence-corrected chi connectivity index (χ4v) is 18.3. The number of benzene rings is 8. The molecule has 0 bridgehead atoms. The molecule has 0 aliphatic heterocycles. The normalized spacial score (nSPS) is 11.6. The molecule has 9 amide bonds. The maximum absolute atomic E-state index is 14.2. The van der Waals surface area contributed by atoms with E-state index in [0.29, 0.717) is 65.5 Å². The van der Waals surface area contributed by atoms with Gasteiger partial charge in [-0.1, -0.05) is 146 Å². The zero-order valence-electron chi connectivity index (χ0n) is 77.9. The summed E-state index contributed by atoms with van der Waals surface area (Å²) in [7, 11) is -8.26. The van der Waals surface area contributed by atoms with Crippen LogP contribution in [0.2, 0.25) is 0 Å². The molecule has 2 aromatic heterocycles. The molecule has 3 atom stereocenters. The van der Waals surface area contributed by atoms with E-state index in [2.05, 4.69) is 70.4 Å². The molecule has 21 N–H and O–H groups in total. The van der Waals surface area contributed by atoms with Crippen LogP contribution in [0.3, 0.4) is 0 Å². The van der Waals surface area contributed by atoms with Crippen molar-refractivity contribution in [1.82, 2.24) is 51.1 Å². The second kappa shape index (κ2) is 65.0. The van der Waals surface area contributed by atoms with Gasteiger partial charge in [-0.2, -0.15) is 0 Å². The summed E-state index contributed by atoms with van der Waals surface area (Å²) < 4.78 is 54.4. The molecule has 8 aromatic carbocycles. The number of carbonyl (C=O) groups excluding carboxylic acids is 9. The van der Waals surface area contributed by atoms with Crippen LogP contribution in [0.25, 0.3) is 17.0 Å². The highest BCUT2D eigenvalue weighted by Gasteiger charge is 2.39. The summed E-state index contributed by atoms with van der Waals surface area (Å²) >= 11 is 23.6. The molecule has 0 saturated heterocycles. The number of ether oxygens (including phenoxy) is 1. The number of hydroxylamine groups is 2. The van der Waals surface area contributed by atoms with Gasteiger partial charge in [-0.05, 0) is 145 Å². The largest absolute Gasteiger partial charge is 0.480 e. The van der Waals surface area contributed by atoms with Crippen molar-refractivity contribution >= 4 is 180 Å². The molecule has 0 fully saturated rings. The smallest absolute Gasteiger partial charge is 0.407 e. The molecule has 38 nitrogen and oxygen atoms in total. The molecule has 0 radical (unpaired) electrons. The number of carboxylic acid groups (broad SMARTS) is 2. The first-order valence-electron chi connectivity index (χ1n) is 44.7. The molecular formula is C98H120Cl4N17O21PS. The van der Waals surface area contributed by atoms with Gasteiger partial charge in [-0.25, -0.2) is 38.3 Å². The van der Waals surface area contributed by atoms with Crippen molar-refractivity contribution in [3.8, 4) is 0 Å². The van der Waals surface area contributed by atoms with Crippen LogP contribution >= 0.6 is 54.1 Å². The fraction of sp³-hybridized carbons (Fsp3) is 0.306. The van der Waals surface area contributed by atoms with Crippen LogP contribution in [0.5, 0.6) is 0 Å². The quantitative estimate of drug-likeness (QED) is 0.00320. The van der Waals surface area contributed by atoms with Crippen molar-refractivity contribution in [1.29, 1.82) is 0 Å². The monoisotopic (exact) mass is 2070 g/mol. The minimum Gasteiger partial charge on any atom is -0.480 e. The third kappa shape index (κ3) is 44.3. The van der Waals surface area contributed by atoms with Crippen molar-refractivity contribution in [3.63, 3.8) is 0 Å². The number of aromatic amines is 1. The number of nitrogens with one attached hydrogen (secondary N) is 10. The van der Waals surface area contributed by atoms with Crippen LogP contribution in [-0.2, 0) is 88.1 Å². The number of unbranched alkanes of at least 4 members (excludes halogenated alkanes) is 3. The number of pyridine rings is 1. The summed E-state index contributed by atoms with van der Waals surface area (Å²) in [6.45, 7) is 3.86. The summed E-state index contributed by atoms with van der Waals surface area (Å²) in [5, 5.41) is 64.3. The molecule has 44 heteroatoms. The first-order valence-corrected chi connectivity index (χ1v) is 50.2. The number of halogens is 4. The number of rotatable bonds is 51. The van der Waals surface area contributed by atoms with Crippen LogP contribution in [0.4, 0.5) is 38.9 Å². The summed E-state index contributed by atoms with van der Waals surface area (Å²) in [6, 6.07) is 59.5. The highest BCUT2D eigenvalue weighted by molar-refractivity contribution is 7.91. The topological polar surface area (TPSA) is 583 Å². The Morgan fingerprint density at radius 2 is 1.11 bits per heavy atom. The number of fused-ring (bicyclic) bond motifs is 1. The number of anilines is 6. The van der Waals surface area contributed by atoms with Gasteiger partial charge < -0.3 is 84.0 Å². The maximum Gasteiger partial charge on any atom is 0.407 e. The molecule has 762 valence electrons. The van der Waals surface area contributed by atoms with Gasteiger partial charge in [0.2, 0.25) is 29.5 Å². The number of amides is 9. The third-order valence-electron chi connectivity index (χ3n) is 20.6. The average molecular weight is 2080 g/mol. The van der Waals surface area contributed by atoms with Gasteiger partial charge in [0.05, 0.1) is 47.5 Å². The number of hydrogen-bond acceptors (Lipinski definition) is 24. The summed E-state index contributed by atoms with van der Waals surface area (Å²) in [6.07, 6.45) is 12.0. The predicted octanol–water partition coefficient (Wildman–Crippen LogP) is 12.7. The molecular weight excluding hydrogens is 1960 g/mol. The minimum absolute atomic E-state index is 0.0132. The number of carboxylic acids is 2. The zero-order valence-corrected chi connectivity index (χ0v) is 82.7. The van der Waals surface area contributed by atoms with Crippen molar-refractivity contribution in [2.45, 2.75) is 103 Å². The minimum atomic E-state index is -4.29. The van der Waals surface area contributed by atoms with Gasteiger partial charge in [0.15, 0.2) is 15.9 Å². The Bertz CT molecular complexity index is 5790. The number of aliphatic carboxylic acids is 2. The van der Waals surface area contributed by atoms with Crippen molar-refractivity contribution in [3.05, 3.63) is 288 Å². The Labute approximate surface area is 842 Å². The molecule has 10 rings (SSSR count). The number of sulfone groups is 1. The molecule has 142 heavy (non-hydrogen) atoms. The number of H-pyrrole nitrogens is 1. The molecule has 0 aliphatic rings. The van der Waals surface area contributed by atoms with Gasteiger partial charge in [-0.3, -0.25) is 68.0 Å². The second-order valence-electron chi connectivity index (χ2n) is 31.2. The maximum atomic E-state index is 14.2. The molecule has 10 aromatic rings. The number of aliphatic hydroxyl groups is 1. The summed E-state index contributed by atoms with van der Waals surface area (Å²) in [4.78, 5) is 139. The van der Waals surface area contributed by atoms with E-state index < -0.39 is 95.9 Å². The highest BCUT2D eigenvalue weighted by Crippen LogP contribution is 2.54. The SMILES string of the molecule is CC(=O)Nc1ccc(C(=O)Nc2ccccc2N)cc1.N[C@@H](CCC(=O)N[C@@H](CS(=O)(=O)CCOP(=O)(N(CCCl)CCCl)N(CCCl)CCCl)C(=O)N[C@@H](C(=O)O)c1ccccc1)C(=O)O.Nc1ccccc1NC(=O)c1ccc(CNC(=O)OCc2cccnc2)cc1.O=C(/C=C/c1ccc(CN(CCO)CCc2c[nH]c3ccccc23)cc1)NO.O=C(CCCCCCC(=O)Nc1ccccc1)NO. The van der Waals surface area contributed by atoms with E-state index in [1.165, 1.54) is 57.6 Å². The number of carbonyl (C=O) groups is 11. The number of aromatic nitrogens is 2. The summed E-state index contributed by atoms with van der Waals surface area (Å²) in [5.41, 5.74) is 31.0. The number of aliphatic hydroxyl groups excluding tert-OH is 1. The fourth-order valence-electron chi connectivity index (χ4n) is 13.2. The van der Waals surface area contributed by atoms with E-state index >= 15 is 0 Å². The predicted molar refractivity (Wildman–Crippen MR) is 549 cm³/mol. The van der Waals surface area contributed by atoms with Gasteiger partial charge >= 0.3 is 25.7 Å². The van der Waals surface area contributed by atoms with Crippen molar-refractivity contribution < 1.29 is 101 Å². The molecule has 2 heterocycles. The number of nitrogens with zero attached hydrogens (tertiary/aromatic N) is 4. The molecule has 0 aliphatic carbocycles. The van der Waals surface area contributed by atoms with Crippen LogP contribution in [0, 0.1) is 0 Å².